The molecule has 8 heterocycles. The number of hydrogen-bond donors (Lipinski definition) is 1. The molecule has 11 aromatic carbocycles. The summed E-state index contributed by atoms with van der Waals surface area (Å²) in [7, 11) is 0. The van der Waals surface area contributed by atoms with E-state index in [1.54, 1.807) is 12.3 Å². The molecule has 19 rings (SSSR count). The van der Waals surface area contributed by atoms with Crippen LogP contribution < -0.4 is 0 Å². The summed E-state index contributed by atoms with van der Waals surface area (Å²) >= 11 is 0. The Labute approximate surface area is 687 Å². The van der Waals surface area contributed by atoms with Crippen molar-refractivity contribution >= 4 is 126 Å². The zero-order valence-electron chi connectivity index (χ0n) is 62.4. The Bertz CT molecular complexity index is 6660. The van der Waals surface area contributed by atoms with Crippen LogP contribution in [0.15, 0.2) is 243 Å². The Hall–Kier alpha value is -9.74. The average Bonchev–Trinajstić information content (AvgIpc) is 1.60. The number of hydrogen-bond acceptors (Lipinski definition) is 6. The molecule has 0 bridgehead atoms. The fraction of sp³-hybridized carbons (Fsp3) is 0.160. The first-order valence-corrected chi connectivity index (χ1v) is 35.6. The zero-order chi connectivity index (χ0) is 73.1. The molecule has 554 valence electrons. The number of fused-ring (bicyclic) bond motifs is 26. The van der Waals surface area contributed by atoms with Gasteiger partial charge in [-0.1, -0.05) is 228 Å². The largest absolute Gasteiger partial charge is 0.512 e. The van der Waals surface area contributed by atoms with Crippen molar-refractivity contribution in [3.63, 3.8) is 0 Å². The molecular formula is C94H79FIr4N8O2-4. The van der Waals surface area contributed by atoms with Gasteiger partial charge in [0.15, 0.2) is 5.78 Å². The van der Waals surface area contributed by atoms with Crippen molar-refractivity contribution in [3.05, 3.63) is 312 Å². The number of aliphatic hydroxyl groups excluding tert-OH is 1. The van der Waals surface area contributed by atoms with Gasteiger partial charge in [0.2, 0.25) is 0 Å². The molecule has 19 aromatic rings. The first-order valence-electron chi connectivity index (χ1n) is 35.6. The number of pyridine rings is 4. The number of benzene rings is 11. The van der Waals surface area contributed by atoms with Gasteiger partial charge in [0.1, 0.15) is 0 Å². The molecule has 0 aliphatic rings. The van der Waals surface area contributed by atoms with Crippen LogP contribution in [0.25, 0.3) is 143 Å². The van der Waals surface area contributed by atoms with Crippen LogP contribution in [0.2, 0.25) is 0 Å². The number of rotatable bonds is 5. The third-order valence-corrected chi connectivity index (χ3v) is 19.5. The molecule has 0 saturated carbocycles. The Morgan fingerprint density at radius 3 is 1.73 bits per heavy atom. The number of para-hydroxylation sites is 5. The van der Waals surface area contributed by atoms with Crippen molar-refractivity contribution in [1.82, 2.24) is 37.5 Å². The first kappa shape index (κ1) is 80.3. The summed E-state index contributed by atoms with van der Waals surface area (Å²) in [6.07, 6.45) is 9.98. The fourth-order valence-electron chi connectivity index (χ4n) is 15.3. The van der Waals surface area contributed by atoms with Crippen LogP contribution in [0.5, 0.6) is 0 Å². The van der Waals surface area contributed by atoms with Gasteiger partial charge in [-0.2, -0.15) is 0 Å². The molecule has 0 saturated heterocycles. The molecule has 109 heavy (non-hydrogen) atoms. The van der Waals surface area contributed by atoms with E-state index in [-0.39, 0.29) is 103 Å². The minimum Gasteiger partial charge on any atom is -0.512 e. The molecule has 8 aromatic heterocycles. The second-order valence-electron chi connectivity index (χ2n) is 28.9. The van der Waals surface area contributed by atoms with Crippen molar-refractivity contribution in [2.45, 2.75) is 95.4 Å². The number of ketones is 1. The van der Waals surface area contributed by atoms with Crippen LogP contribution in [0.4, 0.5) is 4.39 Å². The van der Waals surface area contributed by atoms with Crippen molar-refractivity contribution in [1.29, 1.82) is 0 Å². The van der Waals surface area contributed by atoms with Crippen LogP contribution in [0.1, 0.15) is 93.6 Å². The van der Waals surface area contributed by atoms with Gasteiger partial charge in [-0.25, -0.2) is 0 Å². The molecule has 0 amide bonds. The first-order chi connectivity index (χ1) is 50.7. The third kappa shape index (κ3) is 15.5. The molecule has 0 spiro atoms. The summed E-state index contributed by atoms with van der Waals surface area (Å²) in [5, 5.41) is 21.8. The SMILES string of the molecule is CC(=O)C=C(C)O.Cc1cc(C)c(-c2cc[c-]c3c2c2ccccc2n2c4ccccc4nc32)c(C)c1.Cc1cc[c-]c2c1c1ccccc1n1c(C(C)C)cnc21.Cc1ccc2c(c1)c1c(-c3ccccc3)cc[c-]c1c1nc(CC(C)(C)C)cn21.Fc1c[c-]c2c(c1)c1ccccc1n1ccnc21.[Ir].[Ir].[Ir].[Ir]. The van der Waals surface area contributed by atoms with Crippen molar-refractivity contribution in [3.8, 4) is 22.3 Å². The van der Waals surface area contributed by atoms with Crippen LogP contribution >= 0.6 is 0 Å². The Morgan fingerprint density at radius 2 is 1.08 bits per heavy atom. The van der Waals surface area contributed by atoms with E-state index in [1.807, 2.05) is 65.3 Å². The van der Waals surface area contributed by atoms with Crippen molar-refractivity contribution in [2.24, 2.45) is 5.41 Å². The van der Waals surface area contributed by atoms with E-state index in [0.29, 0.717) is 5.92 Å². The molecular weight excluding hydrogens is 2060 g/mol. The summed E-state index contributed by atoms with van der Waals surface area (Å²) in [6, 6.07) is 84.3. The predicted molar refractivity (Wildman–Crippen MR) is 432 cm³/mol. The maximum atomic E-state index is 13.4. The summed E-state index contributed by atoms with van der Waals surface area (Å²) in [4.78, 5) is 29.1. The second-order valence-corrected chi connectivity index (χ2v) is 28.9. The van der Waals surface area contributed by atoms with E-state index in [1.165, 1.54) is 131 Å². The van der Waals surface area contributed by atoms with E-state index in [2.05, 4.69) is 263 Å². The second kappa shape index (κ2) is 33.2. The fourth-order valence-corrected chi connectivity index (χ4v) is 15.3. The van der Waals surface area contributed by atoms with Crippen molar-refractivity contribution < 1.29 is 94.7 Å². The van der Waals surface area contributed by atoms with Gasteiger partial charge in [-0.3, -0.25) is 29.1 Å². The Kier molecular flexibility index (Phi) is 24.5. The molecule has 0 unspecified atom stereocenters. The quantitative estimate of drug-likeness (QED) is 0.0796. The number of carbonyl (C=O) groups excluding carboxylic acids is 1. The van der Waals surface area contributed by atoms with Gasteiger partial charge in [0, 0.05) is 151 Å². The van der Waals surface area contributed by atoms with E-state index >= 15 is 0 Å². The number of aliphatic hydroxyl groups is 1. The Morgan fingerprint density at radius 1 is 0.514 bits per heavy atom. The topological polar surface area (TPSA) is 106 Å². The minimum atomic E-state index is -0.274. The molecule has 15 heteroatoms. The van der Waals surface area contributed by atoms with Crippen LogP contribution in [-0.4, -0.2) is 48.4 Å². The molecule has 0 aliphatic carbocycles. The van der Waals surface area contributed by atoms with Crippen LogP contribution in [0, 0.1) is 70.1 Å². The standard InChI is InChI=1S/C28H21N2.C27H25N2.C19H17N2.C15H8FN2.C5H8O2.4Ir/c1-17-15-18(2)26(19(3)16-17)21-10-8-11-22-27(21)20-9-4-6-13-24(20)30-25-14-7-5-12-23(25)29-28(22)30;1-18-13-14-24-23(15-18)25-21(19-9-6-5-7-10-19)11-8-12-22(25)26-28-20(17-29(24)26)16-27(2,3)4;1-12(2)17-11-20-19-15-9-6-7-13(3)18(15)14-8-4-5-10-16(14)21(17)19;16-10-5-6-12-13(9-10)11-3-1-2-4-14(11)18-8-7-17-15(12)18;1-4(6)3-5(2)7;;;;/h4-10,12-16H,1-3H3;5-11,13-15,17H,16H2,1-4H3;4-8,10-12H,1-3H3;1-5,7-9H;3,6H,1-2H3;;;;/q4*-1;;;;;. The van der Waals surface area contributed by atoms with Gasteiger partial charge >= 0.3 is 0 Å². The Balaban J connectivity index is 0.000000141. The monoisotopic (exact) mass is 2140 g/mol. The van der Waals surface area contributed by atoms with E-state index < -0.39 is 0 Å². The minimum absolute atomic E-state index is 0. The summed E-state index contributed by atoms with van der Waals surface area (Å²) in [5.74, 6) is 0.0988. The van der Waals surface area contributed by atoms with Gasteiger partial charge < -0.3 is 22.7 Å². The molecule has 1 N–H and O–H groups in total. The summed E-state index contributed by atoms with van der Waals surface area (Å²) < 4.78 is 22.3. The maximum absolute atomic E-state index is 13.4. The summed E-state index contributed by atoms with van der Waals surface area (Å²) in [6.45, 7) is 24.9. The van der Waals surface area contributed by atoms with E-state index in [9.17, 15) is 9.18 Å². The maximum Gasteiger partial charge on any atom is 0.155 e. The number of carbonyl (C=O) groups is 1. The van der Waals surface area contributed by atoms with Gasteiger partial charge in [0.05, 0.1) is 39.4 Å². The van der Waals surface area contributed by atoms with Crippen molar-refractivity contribution in [2.75, 3.05) is 0 Å². The number of aromatic nitrogens is 8. The normalized spacial score (nSPS) is 11.5. The van der Waals surface area contributed by atoms with Crippen LogP contribution in [-0.2, 0) is 91.6 Å². The van der Waals surface area contributed by atoms with Gasteiger partial charge in [0.25, 0.3) is 0 Å². The molecule has 10 nitrogen and oxygen atoms in total. The van der Waals surface area contributed by atoms with Crippen LogP contribution in [0.3, 0.4) is 0 Å². The van der Waals surface area contributed by atoms with Gasteiger partial charge in [-0.15, -0.1) is 78.4 Å². The molecule has 0 atom stereocenters. The molecule has 4 radical (unpaired) electrons. The number of imidazole rings is 4. The smallest absolute Gasteiger partial charge is 0.155 e. The number of halogens is 1. The zero-order valence-corrected chi connectivity index (χ0v) is 72.0. The molecule has 0 aliphatic heterocycles. The number of allylic oxidation sites excluding steroid dienone is 2. The number of nitrogens with zero attached hydrogens (tertiary/aromatic N) is 8. The molecule has 0 fully saturated rings. The van der Waals surface area contributed by atoms with E-state index in [0.717, 1.165) is 83.6 Å². The third-order valence-electron chi connectivity index (χ3n) is 19.5. The summed E-state index contributed by atoms with van der Waals surface area (Å²) in [5.41, 5.74) is 24.6. The number of aryl methyl sites for hydroxylation is 5. The predicted octanol–water partition coefficient (Wildman–Crippen LogP) is 23.7. The average molecular weight is 2140 g/mol. The van der Waals surface area contributed by atoms with Gasteiger partial charge in [-0.05, 0) is 139 Å². The van der Waals surface area contributed by atoms with E-state index in [4.69, 9.17) is 20.1 Å².